The van der Waals surface area contributed by atoms with Gasteiger partial charge in [0.1, 0.15) is 0 Å². The number of sulfonamides is 1. The van der Waals surface area contributed by atoms with Gasteiger partial charge in [0.05, 0.1) is 5.75 Å². The maximum Gasteiger partial charge on any atom is 0.214 e. The Hall–Kier alpha value is -0.0900. The molecule has 0 aromatic carbocycles. The van der Waals surface area contributed by atoms with Gasteiger partial charge >= 0.3 is 0 Å². The summed E-state index contributed by atoms with van der Waals surface area (Å²) in [5, 5.41) is 0. The van der Waals surface area contributed by atoms with Crippen molar-refractivity contribution in [3.05, 3.63) is 0 Å². The van der Waals surface area contributed by atoms with Crippen LogP contribution in [0.25, 0.3) is 0 Å². The number of rotatable bonds is 4. The number of unbranched alkanes of at least 4 members (excludes halogenated alkanes) is 2. The molecule has 0 unspecified atom stereocenters. The van der Waals surface area contributed by atoms with E-state index in [0.717, 1.165) is 38.8 Å². The van der Waals surface area contributed by atoms with Crippen molar-refractivity contribution in [1.29, 1.82) is 0 Å². The van der Waals surface area contributed by atoms with Crippen LogP contribution in [-0.4, -0.2) is 31.6 Å². The Labute approximate surface area is 74.8 Å². The maximum absolute atomic E-state index is 11.3. The first-order chi connectivity index (χ1) is 5.67. The normalized spacial score (nSPS) is 23.1. The van der Waals surface area contributed by atoms with Crippen LogP contribution in [0.15, 0.2) is 0 Å². The molecule has 0 bridgehead atoms. The minimum absolute atomic E-state index is 0.360. The van der Waals surface area contributed by atoms with Gasteiger partial charge in [-0.05, 0) is 12.8 Å². The van der Waals surface area contributed by atoms with Crippen LogP contribution < -0.4 is 0 Å². The molecule has 0 radical (unpaired) electrons. The van der Waals surface area contributed by atoms with Crippen molar-refractivity contribution in [2.24, 2.45) is 0 Å². The molecule has 0 aromatic rings. The van der Waals surface area contributed by atoms with Crippen molar-refractivity contribution in [3.8, 4) is 0 Å². The van der Waals surface area contributed by atoms with Gasteiger partial charge < -0.3 is 0 Å². The van der Waals surface area contributed by atoms with E-state index in [9.17, 15) is 8.42 Å². The van der Waals surface area contributed by atoms with Crippen LogP contribution in [0, 0.1) is 0 Å². The van der Waals surface area contributed by atoms with Gasteiger partial charge in [-0.1, -0.05) is 19.8 Å². The van der Waals surface area contributed by atoms with Crippen molar-refractivity contribution in [3.63, 3.8) is 0 Å². The lowest BCUT2D eigenvalue weighted by Crippen LogP contribution is -2.26. The quantitative estimate of drug-likeness (QED) is 0.626. The molecule has 1 heterocycles. The fourth-order valence-corrected chi connectivity index (χ4v) is 3.05. The number of nitrogens with zero attached hydrogens (tertiary/aromatic N) is 1. The topological polar surface area (TPSA) is 37.4 Å². The molecule has 3 nitrogen and oxygen atoms in total. The standard InChI is InChI=1S/C8H17NO2S/c1-2-3-4-6-9-7-5-8-12(9,10)11/h2-8H2,1H3. The molecular weight excluding hydrogens is 174 g/mol. The Morgan fingerprint density at radius 3 is 2.58 bits per heavy atom. The molecule has 12 heavy (non-hydrogen) atoms. The van der Waals surface area contributed by atoms with Crippen LogP contribution >= 0.6 is 0 Å². The number of hydrogen-bond acceptors (Lipinski definition) is 2. The Balaban J connectivity index is 2.32. The second-order valence-corrected chi connectivity index (χ2v) is 5.36. The Morgan fingerprint density at radius 1 is 1.33 bits per heavy atom. The smallest absolute Gasteiger partial charge is 0.212 e. The highest BCUT2D eigenvalue weighted by molar-refractivity contribution is 7.89. The number of hydrogen-bond donors (Lipinski definition) is 0. The first-order valence-corrected chi connectivity index (χ1v) is 6.25. The summed E-state index contributed by atoms with van der Waals surface area (Å²) in [6.45, 7) is 3.60. The van der Waals surface area contributed by atoms with E-state index in [1.54, 1.807) is 4.31 Å². The van der Waals surface area contributed by atoms with Crippen LogP contribution in [0.5, 0.6) is 0 Å². The fraction of sp³-hybridized carbons (Fsp3) is 1.00. The average Bonchev–Trinajstić information content (AvgIpc) is 2.32. The van der Waals surface area contributed by atoms with E-state index in [4.69, 9.17) is 0 Å². The first-order valence-electron chi connectivity index (χ1n) is 4.64. The molecule has 1 rings (SSSR count). The zero-order chi connectivity index (χ0) is 9.03. The van der Waals surface area contributed by atoms with E-state index < -0.39 is 10.0 Å². The summed E-state index contributed by atoms with van der Waals surface area (Å²) >= 11 is 0. The zero-order valence-corrected chi connectivity index (χ0v) is 8.44. The summed E-state index contributed by atoms with van der Waals surface area (Å²) in [6, 6.07) is 0. The average molecular weight is 191 g/mol. The Morgan fingerprint density at radius 2 is 2.08 bits per heavy atom. The van der Waals surface area contributed by atoms with E-state index in [2.05, 4.69) is 6.92 Å². The van der Waals surface area contributed by atoms with Gasteiger partial charge in [-0.3, -0.25) is 0 Å². The van der Waals surface area contributed by atoms with E-state index >= 15 is 0 Å². The third-order valence-electron chi connectivity index (χ3n) is 2.21. The van der Waals surface area contributed by atoms with Gasteiger partial charge in [-0.2, -0.15) is 0 Å². The van der Waals surface area contributed by atoms with Crippen LogP contribution in [-0.2, 0) is 10.0 Å². The predicted octanol–water partition coefficient (Wildman–Crippen LogP) is 1.21. The lowest BCUT2D eigenvalue weighted by molar-refractivity contribution is 0.429. The molecule has 72 valence electrons. The zero-order valence-electron chi connectivity index (χ0n) is 7.62. The minimum atomic E-state index is -2.83. The second-order valence-electron chi connectivity index (χ2n) is 3.28. The molecule has 4 heteroatoms. The molecule has 0 amide bonds. The highest BCUT2D eigenvalue weighted by Gasteiger charge is 2.26. The van der Waals surface area contributed by atoms with Gasteiger partial charge in [-0.15, -0.1) is 0 Å². The van der Waals surface area contributed by atoms with Crippen LogP contribution in [0.4, 0.5) is 0 Å². The summed E-state index contributed by atoms with van der Waals surface area (Å²) in [7, 11) is -2.83. The van der Waals surface area contributed by atoms with Crippen molar-refractivity contribution in [2.45, 2.75) is 32.6 Å². The fourth-order valence-electron chi connectivity index (χ4n) is 1.48. The van der Waals surface area contributed by atoms with Crippen LogP contribution in [0.2, 0.25) is 0 Å². The predicted molar refractivity (Wildman–Crippen MR) is 49.5 cm³/mol. The summed E-state index contributed by atoms with van der Waals surface area (Å²) < 4.78 is 24.2. The van der Waals surface area contributed by atoms with E-state index in [1.807, 2.05) is 0 Å². The third kappa shape index (κ3) is 2.45. The molecule has 1 aliphatic heterocycles. The van der Waals surface area contributed by atoms with Gasteiger partial charge in [0.15, 0.2) is 0 Å². The van der Waals surface area contributed by atoms with Gasteiger partial charge in [-0.25, -0.2) is 12.7 Å². The highest BCUT2D eigenvalue weighted by Crippen LogP contribution is 2.13. The molecule has 0 saturated carbocycles. The van der Waals surface area contributed by atoms with Crippen molar-refractivity contribution in [1.82, 2.24) is 4.31 Å². The minimum Gasteiger partial charge on any atom is -0.212 e. The molecule has 0 aromatic heterocycles. The first kappa shape index (κ1) is 9.99. The lowest BCUT2D eigenvalue weighted by atomic mass is 10.2. The largest absolute Gasteiger partial charge is 0.214 e. The van der Waals surface area contributed by atoms with Gasteiger partial charge in [0.2, 0.25) is 10.0 Å². The molecular formula is C8H17NO2S. The summed E-state index contributed by atoms with van der Waals surface area (Å²) in [5.41, 5.74) is 0. The molecule has 0 spiro atoms. The molecule has 0 aliphatic carbocycles. The van der Waals surface area contributed by atoms with Crippen LogP contribution in [0.1, 0.15) is 32.6 Å². The Bertz CT molecular complexity index is 223. The van der Waals surface area contributed by atoms with Crippen molar-refractivity contribution < 1.29 is 8.42 Å². The molecule has 1 aliphatic rings. The molecule has 1 saturated heterocycles. The van der Waals surface area contributed by atoms with Crippen molar-refractivity contribution in [2.75, 3.05) is 18.8 Å². The maximum atomic E-state index is 11.3. The Kier molecular flexibility index (Phi) is 3.53. The molecule has 1 fully saturated rings. The monoisotopic (exact) mass is 191 g/mol. The third-order valence-corrected chi connectivity index (χ3v) is 4.17. The highest BCUT2D eigenvalue weighted by atomic mass is 32.2. The SMILES string of the molecule is CCCCCN1CCCS1(=O)=O. The van der Waals surface area contributed by atoms with E-state index in [-0.39, 0.29) is 0 Å². The van der Waals surface area contributed by atoms with E-state index in [0.29, 0.717) is 5.75 Å². The second kappa shape index (κ2) is 4.23. The van der Waals surface area contributed by atoms with Gasteiger partial charge in [0.25, 0.3) is 0 Å². The van der Waals surface area contributed by atoms with Crippen LogP contribution in [0.3, 0.4) is 0 Å². The summed E-state index contributed by atoms with van der Waals surface area (Å²) in [6.07, 6.45) is 4.10. The van der Waals surface area contributed by atoms with Crippen molar-refractivity contribution >= 4 is 10.0 Å². The lowest BCUT2D eigenvalue weighted by Gasteiger charge is -2.12. The summed E-state index contributed by atoms with van der Waals surface area (Å²) in [4.78, 5) is 0. The summed E-state index contributed by atoms with van der Waals surface area (Å²) in [5.74, 6) is 0.360. The molecule has 0 atom stereocenters. The van der Waals surface area contributed by atoms with Gasteiger partial charge in [0, 0.05) is 13.1 Å². The van der Waals surface area contributed by atoms with E-state index in [1.165, 1.54) is 0 Å². The molecule has 0 N–H and O–H groups in total.